The van der Waals surface area contributed by atoms with E-state index in [0.29, 0.717) is 77.7 Å². The monoisotopic (exact) mass is 639 g/mol. The van der Waals surface area contributed by atoms with Crippen molar-refractivity contribution in [2.24, 2.45) is 0 Å². The van der Waals surface area contributed by atoms with Crippen LogP contribution in [0.1, 0.15) is 61.4 Å². The summed E-state index contributed by atoms with van der Waals surface area (Å²) in [6, 6.07) is 10.4. The highest BCUT2D eigenvalue weighted by molar-refractivity contribution is 6.32. The van der Waals surface area contributed by atoms with Crippen LogP contribution in [0.5, 0.6) is 0 Å². The minimum Gasteiger partial charge on any atom is -0.469 e. The Kier molecular flexibility index (Phi) is 8.26. The Morgan fingerprint density at radius 2 is 1.93 bits per heavy atom. The molecule has 3 aromatic rings. The molecule has 0 saturated carbocycles. The maximum absolute atomic E-state index is 14.3. The molecule has 44 heavy (non-hydrogen) atoms. The van der Waals surface area contributed by atoms with Crippen LogP contribution in [0.25, 0.3) is 11.3 Å². The number of nitrogens with one attached hydrogen (secondary N) is 3. The molecule has 0 aliphatic carbocycles. The average molecular weight is 641 g/mol. The van der Waals surface area contributed by atoms with Crippen molar-refractivity contribution < 1.29 is 28.7 Å². The van der Waals surface area contributed by atoms with E-state index in [2.05, 4.69) is 15.6 Å². The van der Waals surface area contributed by atoms with Crippen molar-refractivity contribution in [1.82, 2.24) is 14.9 Å². The Morgan fingerprint density at radius 3 is 2.75 bits per heavy atom. The number of hydrogen-bond donors (Lipinski definition) is 3. The Morgan fingerprint density at radius 1 is 1.09 bits per heavy atom. The molecule has 11 nitrogen and oxygen atoms in total. The summed E-state index contributed by atoms with van der Waals surface area (Å²) in [5, 5.41) is 6.39. The molecule has 2 aromatic carbocycles. The van der Waals surface area contributed by atoms with Gasteiger partial charge in [-0.1, -0.05) is 41.8 Å². The molecule has 13 heteroatoms. The van der Waals surface area contributed by atoms with Crippen LogP contribution in [0, 0.1) is 0 Å². The van der Waals surface area contributed by atoms with Crippen LogP contribution in [0.3, 0.4) is 0 Å². The quantitative estimate of drug-likeness (QED) is 0.308. The van der Waals surface area contributed by atoms with Gasteiger partial charge in [-0.3, -0.25) is 19.7 Å². The number of piperidine rings is 1. The van der Waals surface area contributed by atoms with E-state index in [1.807, 2.05) is 0 Å². The van der Waals surface area contributed by atoms with Crippen molar-refractivity contribution in [3.8, 4) is 11.3 Å². The standard InChI is InChI=1S/C31H31Cl2N5O6/c1-43-25(40)14-17-7-9-19-23(13-17)34-24(39)6-3-2-5-20(28-36-26(19)27(33)37-28)29(41)38-12-4-11-31(16-38)21-15-18(32)8-10-22(21)35-30(42)44-31/h7-10,13,15,20H,2-6,11-12,14,16H2,1H3,(H,34,39)(H,35,42)(H,36,37)/t20-,31+/m1/s1. The molecule has 1 spiro atoms. The highest BCUT2D eigenvalue weighted by Gasteiger charge is 2.47. The van der Waals surface area contributed by atoms with Crippen molar-refractivity contribution in [2.75, 3.05) is 30.8 Å². The Bertz CT molecular complexity index is 1660. The summed E-state index contributed by atoms with van der Waals surface area (Å²) >= 11 is 13.0. The highest BCUT2D eigenvalue weighted by atomic mass is 35.5. The summed E-state index contributed by atoms with van der Waals surface area (Å²) in [6.07, 6.45) is 2.45. The number of nitrogens with zero attached hydrogens (tertiary/aromatic N) is 2. The number of methoxy groups -OCH3 is 1. The second kappa shape index (κ2) is 12.1. The normalized spacial score (nSPS) is 21.5. The Balaban J connectivity index is 1.34. The van der Waals surface area contributed by atoms with E-state index in [4.69, 9.17) is 37.7 Å². The molecular formula is C31H31Cl2N5O6. The maximum atomic E-state index is 14.3. The van der Waals surface area contributed by atoms with Gasteiger partial charge < -0.3 is 24.7 Å². The van der Waals surface area contributed by atoms with Crippen LogP contribution < -0.4 is 10.6 Å². The van der Waals surface area contributed by atoms with Gasteiger partial charge in [0.25, 0.3) is 0 Å². The maximum Gasteiger partial charge on any atom is 0.412 e. The third kappa shape index (κ3) is 5.86. The van der Waals surface area contributed by atoms with Gasteiger partial charge >= 0.3 is 12.1 Å². The number of rotatable bonds is 3. The average Bonchev–Trinajstić information content (AvgIpc) is 3.37. The van der Waals surface area contributed by atoms with E-state index in [0.717, 1.165) is 5.56 Å². The molecule has 3 amide bonds. The van der Waals surface area contributed by atoms with E-state index >= 15 is 0 Å². The smallest absolute Gasteiger partial charge is 0.412 e. The molecule has 2 atom stereocenters. The lowest BCUT2D eigenvalue weighted by atomic mass is 9.83. The molecule has 0 unspecified atom stereocenters. The predicted molar refractivity (Wildman–Crippen MR) is 164 cm³/mol. The number of ether oxygens (including phenoxy) is 2. The first-order valence-electron chi connectivity index (χ1n) is 14.5. The molecule has 230 valence electrons. The zero-order valence-corrected chi connectivity index (χ0v) is 25.5. The number of likely N-dealkylation sites (tertiary alicyclic amines) is 1. The first-order chi connectivity index (χ1) is 21.2. The predicted octanol–water partition coefficient (Wildman–Crippen LogP) is 5.78. The van der Waals surface area contributed by atoms with E-state index in [-0.39, 0.29) is 36.4 Å². The zero-order chi connectivity index (χ0) is 31.0. The lowest BCUT2D eigenvalue weighted by molar-refractivity contribution is -0.141. The number of anilines is 2. The SMILES string of the molecule is COC(=O)Cc1ccc2c(c1)NC(=O)CCCC[C@@H](C(=O)N1CCC[C@@]3(C1)OC(=O)Nc1ccc(Cl)cc13)c1nc-2c(Cl)[nH]1. The number of carbonyl (C=O) groups is 4. The van der Waals surface area contributed by atoms with Crippen LogP contribution in [-0.2, 0) is 35.9 Å². The van der Waals surface area contributed by atoms with E-state index in [9.17, 15) is 19.2 Å². The molecule has 1 fully saturated rings. The number of esters is 1. The van der Waals surface area contributed by atoms with Gasteiger partial charge in [0.05, 0.1) is 37.4 Å². The first-order valence-corrected chi connectivity index (χ1v) is 15.3. The lowest BCUT2D eigenvalue weighted by Crippen LogP contribution is -2.54. The molecule has 6 rings (SSSR count). The Labute approximate surface area is 263 Å². The van der Waals surface area contributed by atoms with Gasteiger partial charge in [-0.05, 0) is 55.5 Å². The van der Waals surface area contributed by atoms with Crippen molar-refractivity contribution in [3.05, 3.63) is 63.5 Å². The number of benzene rings is 2. The topological polar surface area (TPSA) is 143 Å². The second-order valence-electron chi connectivity index (χ2n) is 11.3. The number of fused-ring (bicyclic) bond motifs is 6. The van der Waals surface area contributed by atoms with Crippen LogP contribution in [0.4, 0.5) is 16.2 Å². The van der Waals surface area contributed by atoms with Gasteiger partial charge in [0.1, 0.15) is 16.7 Å². The summed E-state index contributed by atoms with van der Waals surface area (Å²) < 4.78 is 10.7. The van der Waals surface area contributed by atoms with Gasteiger partial charge in [0, 0.05) is 29.1 Å². The third-order valence-electron chi connectivity index (χ3n) is 8.41. The minimum atomic E-state index is -1.03. The number of aromatic nitrogens is 2. The van der Waals surface area contributed by atoms with E-state index in [1.165, 1.54) is 7.11 Å². The van der Waals surface area contributed by atoms with Crippen LogP contribution >= 0.6 is 23.2 Å². The molecule has 1 saturated heterocycles. The molecule has 1 aromatic heterocycles. The van der Waals surface area contributed by atoms with Crippen LogP contribution in [-0.4, -0.2) is 58.9 Å². The van der Waals surface area contributed by atoms with Crippen molar-refractivity contribution in [2.45, 2.75) is 56.5 Å². The van der Waals surface area contributed by atoms with Gasteiger partial charge in [-0.2, -0.15) is 0 Å². The van der Waals surface area contributed by atoms with E-state index in [1.54, 1.807) is 41.3 Å². The second-order valence-corrected chi connectivity index (χ2v) is 12.1. The number of hydrogen-bond acceptors (Lipinski definition) is 7. The fraction of sp³-hybridized carbons (Fsp3) is 0.387. The summed E-state index contributed by atoms with van der Waals surface area (Å²) in [6.45, 7) is 0.645. The fourth-order valence-electron chi connectivity index (χ4n) is 6.29. The van der Waals surface area contributed by atoms with E-state index < -0.39 is 23.6 Å². The molecule has 3 aliphatic heterocycles. The molecule has 4 heterocycles. The van der Waals surface area contributed by atoms with Gasteiger partial charge in [0.15, 0.2) is 5.60 Å². The van der Waals surface area contributed by atoms with Gasteiger partial charge in [-0.15, -0.1) is 0 Å². The number of halogens is 2. The van der Waals surface area contributed by atoms with Crippen LogP contribution in [0.15, 0.2) is 36.4 Å². The van der Waals surface area contributed by atoms with Crippen molar-refractivity contribution >= 4 is 58.5 Å². The fourth-order valence-corrected chi connectivity index (χ4v) is 6.70. The number of imidazole rings is 1. The molecule has 0 radical (unpaired) electrons. The minimum absolute atomic E-state index is 0.0369. The summed E-state index contributed by atoms with van der Waals surface area (Å²) in [5.41, 5.74) is 2.36. The molecule has 3 N–H and O–H groups in total. The van der Waals surface area contributed by atoms with Gasteiger partial charge in [0.2, 0.25) is 11.8 Å². The van der Waals surface area contributed by atoms with Crippen LogP contribution in [0.2, 0.25) is 10.2 Å². The zero-order valence-electron chi connectivity index (χ0n) is 24.0. The number of carbonyl (C=O) groups excluding carboxylic acids is 4. The highest BCUT2D eigenvalue weighted by Crippen LogP contribution is 2.44. The van der Waals surface area contributed by atoms with Gasteiger partial charge in [-0.25, -0.2) is 9.78 Å². The Hall–Kier alpha value is -4.09. The molecule has 3 aliphatic rings. The summed E-state index contributed by atoms with van der Waals surface area (Å²) in [4.78, 5) is 61.2. The summed E-state index contributed by atoms with van der Waals surface area (Å²) in [5.74, 6) is -1.03. The third-order valence-corrected chi connectivity index (χ3v) is 8.91. The number of aromatic amines is 1. The number of H-pyrrole nitrogens is 1. The largest absolute Gasteiger partial charge is 0.469 e. The first kappa shape index (κ1) is 30.0. The van der Waals surface area contributed by atoms with Crippen molar-refractivity contribution in [1.29, 1.82) is 0 Å². The lowest BCUT2D eigenvalue weighted by Gasteiger charge is -2.45. The molecule has 2 bridgehead atoms. The van der Waals surface area contributed by atoms with Crippen molar-refractivity contribution in [3.63, 3.8) is 0 Å². The number of amides is 3. The molecular weight excluding hydrogens is 609 g/mol. The summed E-state index contributed by atoms with van der Waals surface area (Å²) in [7, 11) is 1.32.